The quantitative estimate of drug-likeness (QED) is 0.540. The summed E-state index contributed by atoms with van der Waals surface area (Å²) in [5, 5.41) is 0. The molecule has 0 radical (unpaired) electrons. The van der Waals surface area contributed by atoms with Gasteiger partial charge in [-0.25, -0.2) is 0 Å². The lowest BCUT2D eigenvalue weighted by Gasteiger charge is -2.00. The summed E-state index contributed by atoms with van der Waals surface area (Å²) in [6.45, 7) is 5.06. The Morgan fingerprint density at radius 2 is 2.12 bits per heavy atom. The summed E-state index contributed by atoms with van der Waals surface area (Å²) in [5.74, 6) is 0.766. The van der Waals surface area contributed by atoms with Crippen molar-refractivity contribution in [2.24, 2.45) is 5.92 Å². The molecule has 0 fully saturated rings. The molecule has 0 aliphatic carbocycles. The molecule has 0 aliphatic heterocycles. The monoisotopic (exact) mass is 136 g/mol. The lowest BCUT2D eigenvalue weighted by Crippen LogP contribution is -1.90. The van der Waals surface area contributed by atoms with Gasteiger partial charge < -0.3 is 0 Å². The van der Waals surface area contributed by atoms with E-state index in [-0.39, 0.29) is 0 Å². The minimum absolute atomic E-state index is 0.680. The second-order valence-corrected chi connectivity index (χ2v) is 2.57. The molecule has 0 aromatic carbocycles. The number of rotatable bonds is 4. The molecular formula is C6H13ClO. The van der Waals surface area contributed by atoms with E-state index in [4.69, 9.17) is 11.9 Å². The molecule has 0 spiro atoms. The predicted octanol–water partition coefficient (Wildman–Crippen LogP) is 2.59. The van der Waals surface area contributed by atoms with E-state index in [0.717, 1.165) is 12.3 Å². The SMILES string of the molecule is CC(C)CCCOCl. The van der Waals surface area contributed by atoms with Crippen LogP contribution in [-0.4, -0.2) is 6.61 Å². The van der Waals surface area contributed by atoms with Gasteiger partial charge in [0.25, 0.3) is 0 Å². The molecule has 8 heavy (non-hydrogen) atoms. The van der Waals surface area contributed by atoms with Crippen LogP contribution in [0.25, 0.3) is 0 Å². The Hall–Kier alpha value is 0.250. The highest BCUT2D eigenvalue weighted by Gasteiger charge is 1.91. The van der Waals surface area contributed by atoms with Crippen molar-refractivity contribution in [3.05, 3.63) is 0 Å². The van der Waals surface area contributed by atoms with Crippen LogP contribution in [0.15, 0.2) is 0 Å². The summed E-state index contributed by atoms with van der Waals surface area (Å²) in [6, 6.07) is 0. The van der Waals surface area contributed by atoms with Crippen LogP contribution in [0.3, 0.4) is 0 Å². The van der Waals surface area contributed by atoms with Crippen molar-refractivity contribution in [2.75, 3.05) is 6.61 Å². The average molecular weight is 137 g/mol. The summed E-state index contributed by atoms with van der Waals surface area (Å²) >= 11 is 4.98. The molecule has 0 saturated heterocycles. The summed E-state index contributed by atoms with van der Waals surface area (Å²) < 4.78 is 4.36. The Balaban J connectivity index is 2.72. The Bertz CT molecular complexity index is 45.8. The molecule has 0 saturated carbocycles. The fourth-order valence-electron chi connectivity index (χ4n) is 0.546. The largest absolute Gasteiger partial charge is 0.279 e. The summed E-state index contributed by atoms with van der Waals surface area (Å²) in [5.41, 5.74) is 0. The van der Waals surface area contributed by atoms with Crippen molar-refractivity contribution in [1.29, 1.82) is 0 Å². The van der Waals surface area contributed by atoms with Gasteiger partial charge in [-0.1, -0.05) is 13.8 Å². The molecular weight excluding hydrogens is 124 g/mol. The van der Waals surface area contributed by atoms with Crippen molar-refractivity contribution >= 4 is 11.9 Å². The van der Waals surface area contributed by atoms with E-state index in [0.29, 0.717) is 6.61 Å². The molecule has 0 aliphatic rings. The van der Waals surface area contributed by atoms with Crippen LogP contribution >= 0.6 is 11.9 Å². The zero-order chi connectivity index (χ0) is 6.41. The number of hydrogen-bond donors (Lipinski definition) is 0. The molecule has 0 amide bonds. The fourth-order valence-corrected chi connectivity index (χ4v) is 0.655. The first-order chi connectivity index (χ1) is 3.77. The van der Waals surface area contributed by atoms with Gasteiger partial charge in [-0.15, -0.1) is 0 Å². The lowest BCUT2D eigenvalue weighted by molar-refractivity contribution is 0.326. The minimum atomic E-state index is 0.680. The Morgan fingerprint density at radius 3 is 2.50 bits per heavy atom. The van der Waals surface area contributed by atoms with E-state index in [1.54, 1.807) is 0 Å². The Labute approximate surface area is 56.2 Å². The van der Waals surface area contributed by atoms with Crippen LogP contribution in [0.1, 0.15) is 26.7 Å². The second-order valence-electron chi connectivity index (χ2n) is 2.35. The summed E-state index contributed by atoms with van der Waals surface area (Å²) in [4.78, 5) is 0. The number of hydrogen-bond acceptors (Lipinski definition) is 1. The van der Waals surface area contributed by atoms with E-state index in [1.165, 1.54) is 6.42 Å². The molecule has 0 rings (SSSR count). The first kappa shape index (κ1) is 8.25. The molecule has 0 N–H and O–H groups in total. The third-order valence-corrected chi connectivity index (χ3v) is 1.16. The molecule has 50 valence electrons. The third kappa shape index (κ3) is 6.25. The zero-order valence-corrected chi connectivity index (χ0v) is 6.24. The highest BCUT2D eigenvalue weighted by atomic mass is 35.5. The van der Waals surface area contributed by atoms with E-state index in [2.05, 4.69) is 18.1 Å². The summed E-state index contributed by atoms with van der Waals surface area (Å²) in [6.07, 6.45) is 2.27. The highest BCUT2D eigenvalue weighted by molar-refractivity contribution is 6.07. The zero-order valence-electron chi connectivity index (χ0n) is 5.48. The maximum Gasteiger partial charge on any atom is 0.0682 e. The van der Waals surface area contributed by atoms with Crippen LogP contribution in [-0.2, 0) is 4.29 Å². The van der Waals surface area contributed by atoms with E-state index in [9.17, 15) is 0 Å². The molecule has 0 aromatic heterocycles. The van der Waals surface area contributed by atoms with Gasteiger partial charge in [0.2, 0.25) is 0 Å². The predicted molar refractivity (Wildman–Crippen MR) is 35.9 cm³/mol. The molecule has 2 heteroatoms. The van der Waals surface area contributed by atoms with Gasteiger partial charge in [-0.2, -0.15) is 0 Å². The summed E-state index contributed by atoms with van der Waals surface area (Å²) in [7, 11) is 0. The van der Waals surface area contributed by atoms with Crippen molar-refractivity contribution in [2.45, 2.75) is 26.7 Å². The molecule has 0 heterocycles. The highest BCUT2D eigenvalue weighted by Crippen LogP contribution is 2.03. The van der Waals surface area contributed by atoms with Gasteiger partial charge in [-0.05, 0) is 18.8 Å². The smallest absolute Gasteiger partial charge is 0.0682 e. The van der Waals surface area contributed by atoms with Crippen molar-refractivity contribution in [3.8, 4) is 0 Å². The van der Waals surface area contributed by atoms with Crippen molar-refractivity contribution in [3.63, 3.8) is 0 Å². The van der Waals surface area contributed by atoms with Crippen molar-refractivity contribution < 1.29 is 4.29 Å². The maximum absolute atomic E-state index is 4.98. The topological polar surface area (TPSA) is 9.23 Å². The van der Waals surface area contributed by atoms with Gasteiger partial charge in [0.1, 0.15) is 0 Å². The Kier molecular flexibility index (Phi) is 5.56. The van der Waals surface area contributed by atoms with Gasteiger partial charge in [0.15, 0.2) is 0 Å². The van der Waals surface area contributed by atoms with Crippen LogP contribution in [0.5, 0.6) is 0 Å². The van der Waals surface area contributed by atoms with Gasteiger partial charge in [0.05, 0.1) is 18.5 Å². The maximum atomic E-state index is 4.98. The Morgan fingerprint density at radius 1 is 1.50 bits per heavy atom. The fraction of sp³-hybridized carbons (Fsp3) is 1.00. The second kappa shape index (κ2) is 5.39. The van der Waals surface area contributed by atoms with Gasteiger partial charge in [0, 0.05) is 0 Å². The van der Waals surface area contributed by atoms with Crippen LogP contribution in [0, 0.1) is 5.92 Å². The van der Waals surface area contributed by atoms with Crippen LogP contribution in [0.4, 0.5) is 0 Å². The first-order valence-corrected chi connectivity index (χ1v) is 3.31. The third-order valence-electron chi connectivity index (χ3n) is 1.00. The molecule has 0 aromatic rings. The van der Waals surface area contributed by atoms with Crippen LogP contribution < -0.4 is 0 Å². The molecule has 1 nitrogen and oxygen atoms in total. The normalized spacial score (nSPS) is 10.5. The van der Waals surface area contributed by atoms with Gasteiger partial charge in [-0.3, -0.25) is 4.29 Å². The first-order valence-electron chi connectivity index (χ1n) is 3.01. The standard InChI is InChI=1S/C6H13ClO/c1-6(2)4-3-5-8-7/h6H,3-5H2,1-2H3. The number of halogens is 1. The van der Waals surface area contributed by atoms with Crippen LogP contribution in [0.2, 0.25) is 0 Å². The van der Waals surface area contributed by atoms with Gasteiger partial charge >= 0.3 is 0 Å². The lowest BCUT2D eigenvalue weighted by atomic mass is 10.1. The minimum Gasteiger partial charge on any atom is -0.279 e. The van der Waals surface area contributed by atoms with E-state index < -0.39 is 0 Å². The van der Waals surface area contributed by atoms with Crippen molar-refractivity contribution in [1.82, 2.24) is 0 Å². The molecule has 0 atom stereocenters. The van der Waals surface area contributed by atoms with E-state index in [1.807, 2.05) is 0 Å². The molecule has 0 unspecified atom stereocenters. The average Bonchev–Trinajstić information content (AvgIpc) is 1.66. The molecule has 0 bridgehead atoms. The van der Waals surface area contributed by atoms with E-state index >= 15 is 0 Å².